The van der Waals surface area contributed by atoms with Crippen LogP contribution in [0, 0.1) is 0 Å². The third-order valence-corrected chi connectivity index (χ3v) is 6.16. The zero-order valence-electron chi connectivity index (χ0n) is 17.7. The molecule has 0 radical (unpaired) electrons. The molecule has 0 bridgehead atoms. The van der Waals surface area contributed by atoms with Gasteiger partial charge in [0.1, 0.15) is 0 Å². The maximum Gasteiger partial charge on any atom is 0.416 e. The van der Waals surface area contributed by atoms with Gasteiger partial charge in [-0.2, -0.15) is 13.2 Å². The fraction of sp³-hybridized carbons (Fsp3) is 0.231. The van der Waals surface area contributed by atoms with Crippen molar-refractivity contribution in [3.8, 4) is 11.1 Å². The minimum atomic E-state index is -4.31. The van der Waals surface area contributed by atoms with Gasteiger partial charge in [-0.1, -0.05) is 65.7 Å². The molecular weight excluding hydrogens is 490 g/mol. The van der Waals surface area contributed by atoms with Gasteiger partial charge in [0.25, 0.3) is 0 Å². The average Bonchev–Trinajstić information content (AvgIpc) is 2.77. The highest BCUT2D eigenvalue weighted by Crippen LogP contribution is 2.32. The molecular formula is C26H23Cl3F3N. The zero-order chi connectivity index (χ0) is 22.7. The molecule has 33 heavy (non-hydrogen) atoms. The lowest BCUT2D eigenvalue weighted by atomic mass is 9.97. The fourth-order valence-corrected chi connectivity index (χ4v) is 4.47. The molecule has 0 aliphatic carbocycles. The van der Waals surface area contributed by atoms with Crippen LogP contribution < -0.4 is 0 Å². The summed E-state index contributed by atoms with van der Waals surface area (Å²) in [4.78, 5) is 2.32. The molecule has 0 unspecified atom stereocenters. The van der Waals surface area contributed by atoms with Gasteiger partial charge in [-0.25, -0.2) is 0 Å². The van der Waals surface area contributed by atoms with E-state index in [1.807, 2.05) is 18.2 Å². The summed E-state index contributed by atoms with van der Waals surface area (Å²) < 4.78 is 38.9. The maximum absolute atomic E-state index is 13.0. The molecule has 0 fully saturated rings. The van der Waals surface area contributed by atoms with E-state index in [1.165, 1.54) is 17.7 Å². The van der Waals surface area contributed by atoms with Gasteiger partial charge in [0.2, 0.25) is 0 Å². The minimum absolute atomic E-state index is 0. The monoisotopic (exact) mass is 511 g/mol. The number of benzene rings is 3. The zero-order valence-corrected chi connectivity index (χ0v) is 20.0. The summed E-state index contributed by atoms with van der Waals surface area (Å²) in [5.74, 6) is 0. The van der Waals surface area contributed by atoms with Crippen molar-refractivity contribution < 1.29 is 13.2 Å². The van der Waals surface area contributed by atoms with Crippen LogP contribution in [0.3, 0.4) is 0 Å². The molecule has 4 rings (SSSR count). The Kier molecular flexibility index (Phi) is 8.52. The van der Waals surface area contributed by atoms with Gasteiger partial charge < -0.3 is 0 Å². The van der Waals surface area contributed by atoms with Gasteiger partial charge in [0.15, 0.2) is 0 Å². The number of alkyl halides is 3. The van der Waals surface area contributed by atoms with Gasteiger partial charge in [-0.05, 0) is 71.0 Å². The van der Waals surface area contributed by atoms with Crippen molar-refractivity contribution in [1.82, 2.24) is 4.90 Å². The van der Waals surface area contributed by atoms with E-state index >= 15 is 0 Å². The Morgan fingerprint density at radius 1 is 0.818 bits per heavy atom. The van der Waals surface area contributed by atoms with Crippen molar-refractivity contribution in [2.45, 2.75) is 19.0 Å². The third-order valence-electron chi connectivity index (χ3n) is 5.72. The van der Waals surface area contributed by atoms with Crippen LogP contribution in [0.5, 0.6) is 0 Å². The lowest BCUT2D eigenvalue weighted by Crippen LogP contribution is -2.30. The van der Waals surface area contributed by atoms with E-state index in [9.17, 15) is 13.2 Å². The summed E-state index contributed by atoms with van der Waals surface area (Å²) in [5.41, 5.74) is 4.33. The highest BCUT2D eigenvalue weighted by atomic mass is 35.5. The van der Waals surface area contributed by atoms with Crippen molar-refractivity contribution in [2.75, 3.05) is 19.6 Å². The van der Waals surface area contributed by atoms with Crippen LogP contribution in [0.1, 0.15) is 23.1 Å². The fourth-order valence-electron chi connectivity index (χ4n) is 3.94. The molecule has 0 spiro atoms. The SMILES string of the molecule is Cl.FC(F)(F)c1cccc(C2=CCN(CCc3ccc(-c4cc(Cl)cc(Cl)c4)cc3)CC2)c1. The Morgan fingerprint density at radius 3 is 2.12 bits per heavy atom. The lowest BCUT2D eigenvalue weighted by molar-refractivity contribution is -0.137. The van der Waals surface area contributed by atoms with E-state index in [0.717, 1.165) is 55.2 Å². The van der Waals surface area contributed by atoms with Crippen molar-refractivity contribution in [1.29, 1.82) is 0 Å². The topological polar surface area (TPSA) is 3.24 Å². The predicted molar refractivity (Wildman–Crippen MR) is 133 cm³/mol. The average molecular weight is 513 g/mol. The highest BCUT2D eigenvalue weighted by molar-refractivity contribution is 6.35. The second-order valence-corrected chi connectivity index (χ2v) is 8.84. The summed E-state index contributed by atoms with van der Waals surface area (Å²) in [7, 11) is 0. The largest absolute Gasteiger partial charge is 0.416 e. The quantitative estimate of drug-likeness (QED) is 0.331. The van der Waals surface area contributed by atoms with Crippen molar-refractivity contribution in [3.05, 3.63) is 99.5 Å². The summed E-state index contributed by atoms with van der Waals surface area (Å²) in [6.07, 6.45) is -0.615. The molecule has 0 N–H and O–H groups in total. The first kappa shape index (κ1) is 25.6. The predicted octanol–water partition coefficient (Wildman–Crippen LogP) is 8.43. The first-order chi connectivity index (χ1) is 15.3. The molecule has 3 aromatic rings. The van der Waals surface area contributed by atoms with Gasteiger partial charge >= 0.3 is 6.18 Å². The first-order valence-corrected chi connectivity index (χ1v) is 11.2. The Bertz CT molecular complexity index is 1100. The molecule has 3 aromatic carbocycles. The normalized spacial score (nSPS) is 14.5. The second-order valence-electron chi connectivity index (χ2n) is 7.96. The van der Waals surface area contributed by atoms with E-state index in [-0.39, 0.29) is 12.4 Å². The second kappa shape index (κ2) is 11.0. The maximum atomic E-state index is 13.0. The molecule has 0 aromatic heterocycles. The molecule has 1 nitrogen and oxygen atoms in total. The van der Waals surface area contributed by atoms with Crippen molar-refractivity contribution >= 4 is 41.2 Å². The van der Waals surface area contributed by atoms with Crippen molar-refractivity contribution in [3.63, 3.8) is 0 Å². The lowest BCUT2D eigenvalue weighted by Gasteiger charge is -2.26. The summed E-state index contributed by atoms with van der Waals surface area (Å²) in [5, 5.41) is 1.22. The molecule has 174 valence electrons. The molecule has 0 amide bonds. The summed E-state index contributed by atoms with van der Waals surface area (Å²) in [6.45, 7) is 2.47. The smallest absolute Gasteiger partial charge is 0.299 e. The standard InChI is InChI=1S/C26H22Cl2F3N.ClH/c27-24-15-22(16-25(28)17-24)19-6-4-18(5-7-19)8-11-32-12-9-20(10-13-32)21-2-1-3-23(14-21)26(29,30)31;/h1-7,9,14-17H,8,10-13H2;1H. The number of rotatable bonds is 5. The van der Waals surface area contributed by atoms with E-state index in [1.54, 1.807) is 12.1 Å². The van der Waals surface area contributed by atoms with E-state index in [4.69, 9.17) is 23.2 Å². The van der Waals surface area contributed by atoms with Crippen LogP contribution in [0.4, 0.5) is 13.2 Å². The Hall–Kier alpha value is -1.98. The van der Waals surface area contributed by atoms with Crippen LogP contribution in [-0.4, -0.2) is 24.5 Å². The number of halogens is 6. The first-order valence-electron chi connectivity index (χ1n) is 10.4. The van der Waals surface area contributed by atoms with Gasteiger partial charge in [-0.3, -0.25) is 4.90 Å². The molecule has 7 heteroatoms. The van der Waals surface area contributed by atoms with Gasteiger partial charge in [-0.15, -0.1) is 12.4 Å². The summed E-state index contributed by atoms with van der Waals surface area (Å²) >= 11 is 12.2. The van der Waals surface area contributed by atoms with E-state index in [0.29, 0.717) is 15.6 Å². The van der Waals surface area contributed by atoms with Crippen LogP contribution >= 0.6 is 35.6 Å². The Morgan fingerprint density at radius 2 is 1.52 bits per heavy atom. The molecule has 0 atom stereocenters. The Balaban J connectivity index is 0.00000306. The number of nitrogens with zero attached hydrogens (tertiary/aromatic N) is 1. The van der Waals surface area contributed by atoms with Crippen LogP contribution in [0.25, 0.3) is 16.7 Å². The molecule has 0 saturated carbocycles. The van der Waals surface area contributed by atoms with Crippen LogP contribution in [-0.2, 0) is 12.6 Å². The number of hydrogen-bond acceptors (Lipinski definition) is 1. The molecule has 1 aliphatic rings. The third kappa shape index (κ3) is 6.77. The van der Waals surface area contributed by atoms with E-state index in [2.05, 4.69) is 29.2 Å². The Labute approximate surface area is 208 Å². The highest BCUT2D eigenvalue weighted by Gasteiger charge is 2.30. The van der Waals surface area contributed by atoms with Crippen LogP contribution in [0.2, 0.25) is 10.0 Å². The minimum Gasteiger partial charge on any atom is -0.299 e. The van der Waals surface area contributed by atoms with Gasteiger partial charge in [0, 0.05) is 29.7 Å². The molecule has 1 heterocycles. The molecule has 1 aliphatic heterocycles. The van der Waals surface area contributed by atoms with Crippen LogP contribution in [0.15, 0.2) is 72.8 Å². The van der Waals surface area contributed by atoms with E-state index < -0.39 is 11.7 Å². The van der Waals surface area contributed by atoms with Gasteiger partial charge in [0.05, 0.1) is 5.56 Å². The van der Waals surface area contributed by atoms with Crippen molar-refractivity contribution in [2.24, 2.45) is 0 Å². The number of hydrogen-bond donors (Lipinski definition) is 0. The molecule has 0 saturated heterocycles. The summed E-state index contributed by atoms with van der Waals surface area (Å²) in [6, 6.07) is 19.5.